The Bertz CT molecular complexity index is 960. The van der Waals surface area contributed by atoms with Crippen molar-refractivity contribution < 1.29 is 18.3 Å². The Morgan fingerprint density at radius 2 is 2.11 bits per heavy atom. The lowest BCUT2D eigenvalue weighted by molar-refractivity contribution is -0.0502. The zero-order valence-electron chi connectivity index (χ0n) is 15.0. The smallest absolute Gasteiger partial charge is 0.387 e. The molecular formula is C19H19F2N3O2S. The van der Waals surface area contributed by atoms with Gasteiger partial charge in [0.05, 0.1) is 16.7 Å². The minimum absolute atomic E-state index is 0.130. The van der Waals surface area contributed by atoms with Crippen molar-refractivity contribution in [2.75, 3.05) is 6.61 Å². The Morgan fingerprint density at radius 3 is 2.85 bits per heavy atom. The highest BCUT2D eigenvalue weighted by molar-refractivity contribution is 7.98. The fourth-order valence-electron chi connectivity index (χ4n) is 2.56. The molecule has 1 aromatic carbocycles. The third-order valence-corrected chi connectivity index (χ3v) is 4.82. The first-order chi connectivity index (χ1) is 13.0. The van der Waals surface area contributed by atoms with Crippen molar-refractivity contribution in [3.63, 3.8) is 0 Å². The van der Waals surface area contributed by atoms with Crippen LogP contribution in [0, 0.1) is 13.8 Å². The van der Waals surface area contributed by atoms with Crippen LogP contribution in [0.5, 0.6) is 11.5 Å². The standard InChI is InChI=1S/C19H19F2N3O2S/c1-4-7-25-16-5-6-22-15(12(16)3)10-27-19-23-13-8-11(2)17(26-18(20)21)9-14(13)24-19/h4-6,8-9,18H,1,7,10H2,2-3H3,(H,23,24). The number of hydrogen-bond donors (Lipinski definition) is 1. The molecule has 5 nitrogen and oxygen atoms in total. The summed E-state index contributed by atoms with van der Waals surface area (Å²) in [7, 11) is 0. The summed E-state index contributed by atoms with van der Waals surface area (Å²) < 4.78 is 35.1. The fourth-order valence-corrected chi connectivity index (χ4v) is 3.47. The summed E-state index contributed by atoms with van der Waals surface area (Å²) in [6, 6.07) is 5.09. The molecule has 0 radical (unpaired) electrons. The van der Waals surface area contributed by atoms with Gasteiger partial charge in [0.15, 0.2) is 5.16 Å². The number of pyridine rings is 1. The quantitative estimate of drug-likeness (QED) is 0.431. The van der Waals surface area contributed by atoms with Crippen molar-refractivity contribution in [1.82, 2.24) is 15.0 Å². The van der Waals surface area contributed by atoms with E-state index in [2.05, 4.69) is 26.3 Å². The molecule has 0 amide bonds. The first-order valence-corrected chi connectivity index (χ1v) is 9.22. The number of fused-ring (bicyclic) bond motifs is 1. The molecular weight excluding hydrogens is 372 g/mol. The van der Waals surface area contributed by atoms with Crippen molar-refractivity contribution in [1.29, 1.82) is 0 Å². The number of aryl methyl sites for hydroxylation is 1. The van der Waals surface area contributed by atoms with E-state index in [4.69, 9.17) is 4.74 Å². The van der Waals surface area contributed by atoms with Gasteiger partial charge in [0.1, 0.15) is 18.1 Å². The van der Waals surface area contributed by atoms with Crippen LogP contribution in [-0.2, 0) is 5.75 Å². The van der Waals surface area contributed by atoms with Gasteiger partial charge in [0, 0.05) is 23.6 Å². The number of imidazole rings is 1. The van der Waals surface area contributed by atoms with E-state index in [1.54, 1.807) is 25.3 Å². The van der Waals surface area contributed by atoms with Crippen LogP contribution in [0.25, 0.3) is 11.0 Å². The second-order valence-corrected chi connectivity index (χ2v) is 6.79. The van der Waals surface area contributed by atoms with Crippen molar-refractivity contribution in [3.8, 4) is 11.5 Å². The van der Waals surface area contributed by atoms with Gasteiger partial charge in [0.2, 0.25) is 0 Å². The van der Waals surface area contributed by atoms with Crippen LogP contribution in [0.4, 0.5) is 8.78 Å². The van der Waals surface area contributed by atoms with Crippen LogP contribution in [0.2, 0.25) is 0 Å². The highest BCUT2D eigenvalue weighted by Crippen LogP contribution is 2.30. The number of hydrogen-bond acceptors (Lipinski definition) is 5. The summed E-state index contributed by atoms with van der Waals surface area (Å²) in [6.07, 6.45) is 3.40. The summed E-state index contributed by atoms with van der Waals surface area (Å²) in [5.74, 6) is 1.50. The summed E-state index contributed by atoms with van der Waals surface area (Å²) in [5.41, 5.74) is 3.81. The molecule has 27 heavy (non-hydrogen) atoms. The largest absolute Gasteiger partial charge is 0.489 e. The maximum atomic E-state index is 12.5. The summed E-state index contributed by atoms with van der Waals surface area (Å²) >= 11 is 1.48. The van der Waals surface area contributed by atoms with Crippen LogP contribution in [-0.4, -0.2) is 28.2 Å². The maximum Gasteiger partial charge on any atom is 0.387 e. The lowest BCUT2D eigenvalue weighted by Crippen LogP contribution is -2.03. The van der Waals surface area contributed by atoms with Crippen LogP contribution < -0.4 is 9.47 Å². The lowest BCUT2D eigenvalue weighted by Gasteiger charge is -2.10. The molecule has 0 spiro atoms. The average Bonchev–Trinajstić information content (AvgIpc) is 3.01. The van der Waals surface area contributed by atoms with E-state index in [0.717, 1.165) is 22.5 Å². The number of ether oxygens (including phenoxy) is 2. The molecule has 2 heterocycles. The number of thioether (sulfide) groups is 1. The Balaban J connectivity index is 1.76. The molecule has 0 atom stereocenters. The molecule has 0 aliphatic carbocycles. The van der Waals surface area contributed by atoms with E-state index in [9.17, 15) is 8.78 Å². The molecule has 0 bridgehead atoms. The summed E-state index contributed by atoms with van der Waals surface area (Å²) in [5, 5.41) is 0.678. The molecule has 2 aromatic heterocycles. The first kappa shape index (κ1) is 19.2. The number of aromatic amines is 1. The van der Waals surface area contributed by atoms with Gasteiger partial charge in [-0.25, -0.2) is 4.98 Å². The average molecular weight is 391 g/mol. The third-order valence-electron chi connectivity index (χ3n) is 3.93. The van der Waals surface area contributed by atoms with E-state index >= 15 is 0 Å². The van der Waals surface area contributed by atoms with Crippen molar-refractivity contribution >= 4 is 22.8 Å². The van der Waals surface area contributed by atoms with Crippen molar-refractivity contribution in [2.24, 2.45) is 0 Å². The number of H-pyrrole nitrogens is 1. The number of halogens is 2. The number of alkyl halides is 2. The molecule has 1 N–H and O–H groups in total. The number of rotatable bonds is 8. The van der Waals surface area contributed by atoms with Crippen molar-refractivity contribution in [2.45, 2.75) is 31.4 Å². The van der Waals surface area contributed by atoms with Gasteiger partial charge < -0.3 is 14.5 Å². The van der Waals surface area contributed by atoms with Gasteiger partial charge in [-0.05, 0) is 31.5 Å². The maximum absolute atomic E-state index is 12.5. The number of nitrogens with one attached hydrogen (secondary N) is 1. The predicted octanol–water partition coefficient (Wildman–Crippen LogP) is 5.03. The fraction of sp³-hybridized carbons (Fsp3) is 0.263. The molecule has 3 rings (SSSR count). The van der Waals surface area contributed by atoms with Crippen LogP contribution in [0.15, 0.2) is 42.2 Å². The highest BCUT2D eigenvalue weighted by Gasteiger charge is 2.13. The number of aromatic nitrogens is 3. The van der Waals surface area contributed by atoms with Crippen LogP contribution >= 0.6 is 11.8 Å². The van der Waals surface area contributed by atoms with E-state index < -0.39 is 6.61 Å². The topological polar surface area (TPSA) is 60.0 Å². The SMILES string of the molecule is C=CCOc1ccnc(CSc2nc3cc(OC(F)F)c(C)cc3[nH]2)c1C. The van der Waals surface area contributed by atoms with E-state index in [1.807, 2.05) is 13.0 Å². The normalized spacial score (nSPS) is 11.1. The number of nitrogens with zero attached hydrogens (tertiary/aromatic N) is 2. The van der Waals surface area contributed by atoms with Crippen LogP contribution in [0.1, 0.15) is 16.8 Å². The third kappa shape index (κ3) is 4.57. The van der Waals surface area contributed by atoms with Crippen molar-refractivity contribution in [3.05, 3.63) is 53.9 Å². The van der Waals surface area contributed by atoms with Crippen LogP contribution in [0.3, 0.4) is 0 Å². The number of benzene rings is 1. The molecule has 0 saturated heterocycles. The molecule has 0 aliphatic heterocycles. The molecule has 3 aromatic rings. The molecule has 0 aliphatic rings. The zero-order chi connectivity index (χ0) is 19.4. The van der Waals surface area contributed by atoms with E-state index in [-0.39, 0.29) is 5.75 Å². The second kappa shape index (κ2) is 8.39. The molecule has 0 unspecified atom stereocenters. The van der Waals surface area contributed by atoms with Gasteiger partial charge in [-0.3, -0.25) is 4.98 Å². The van der Waals surface area contributed by atoms with Gasteiger partial charge >= 0.3 is 6.61 Å². The first-order valence-electron chi connectivity index (χ1n) is 8.24. The summed E-state index contributed by atoms with van der Waals surface area (Å²) in [4.78, 5) is 12.0. The molecule has 8 heteroatoms. The minimum atomic E-state index is -2.86. The Kier molecular flexibility index (Phi) is 5.95. The Morgan fingerprint density at radius 1 is 1.30 bits per heavy atom. The zero-order valence-corrected chi connectivity index (χ0v) is 15.8. The molecule has 0 saturated carbocycles. The predicted molar refractivity (Wildman–Crippen MR) is 102 cm³/mol. The van der Waals surface area contributed by atoms with Gasteiger partial charge in [-0.1, -0.05) is 24.4 Å². The minimum Gasteiger partial charge on any atom is -0.489 e. The van der Waals surface area contributed by atoms with E-state index in [1.165, 1.54) is 17.8 Å². The van der Waals surface area contributed by atoms with E-state index in [0.29, 0.717) is 28.6 Å². The van der Waals surface area contributed by atoms with Gasteiger partial charge in [-0.2, -0.15) is 8.78 Å². The Hall–Kier alpha value is -2.61. The monoisotopic (exact) mass is 391 g/mol. The Labute approximate surface area is 159 Å². The molecule has 0 fully saturated rings. The molecule has 142 valence electrons. The lowest BCUT2D eigenvalue weighted by atomic mass is 10.2. The second-order valence-electron chi connectivity index (χ2n) is 5.82. The van der Waals surface area contributed by atoms with Gasteiger partial charge in [0.25, 0.3) is 0 Å². The van der Waals surface area contributed by atoms with Gasteiger partial charge in [-0.15, -0.1) is 0 Å². The summed E-state index contributed by atoms with van der Waals surface area (Å²) in [6.45, 7) is 4.89. The highest BCUT2D eigenvalue weighted by atomic mass is 32.2.